The molecule has 1 unspecified atom stereocenters. The molecule has 0 aliphatic rings. The van der Waals surface area contributed by atoms with Gasteiger partial charge in [-0.25, -0.2) is 0 Å². The fraction of sp³-hybridized carbons (Fsp3) is 0.417. The van der Waals surface area contributed by atoms with Gasteiger partial charge in [-0.2, -0.15) is 0 Å². The zero-order chi connectivity index (χ0) is 12.3. The summed E-state index contributed by atoms with van der Waals surface area (Å²) in [4.78, 5) is 12.8. The van der Waals surface area contributed by atoms with Crippen molar-refractivity contribution in [2.45, 2.75) is 19.4 Å². The molecule has 0 aromatic heterocycles. The highest BCUT2D eigenvalue weighted by Gasteiger charge is 2.21. The SMILES string of the molecule is Cc1c(Cl)cccc1CC(C(=O)O)N(C)C. The van der Waals surface area contributed by atoms with Crippen LogP contribution in [0, 0.1) is 6.92 Å². The second kappa shape index (κ2) is 5.32. The van der Waals surface area contributed by atoms with Crippen molar-refractivity contribution in [2.75, 3.05) is 14.1 Å². The highest BCUT2D eigenvalue weighted by Crippen LogP contribution is 2.20. The maximum atomic E-state index is 11.1. The van der Waals surface area contributed by atoms with Crippen LogP contribution in [0.5, 0.6) is 0 Å². The molecule has 0 fully saturated rings. The second-order valence-electron chi connectivity index (χ2n) is 4.05. The van der Waals surface area contributed by atoms with Gasteiger partial charge in [-0.1, -0.05) is 23.7 Å². The summed E-state index contributed by atoms with van der Waals surface area (Å²) in [6, 6.07) is 5.06. The van der Waals surface area contributed by atoms with Crippen LogP contribution in [0.4, 0.5) is 0 Å². The Morgan fingerprint density at radius 2 is 2.12 bits per heavy atom. The quantitative estimate of drug-likeness (QED) is 0.879. The predicted molar refractivity (Wildman–Crippen MR) is 65.0 cm³/mol. The van der Waals surface area contributed by atoms with E-state index in [1.165, 1.54) is 0 Å². The minimum absolute atomic E-state index is 0.467. The van der Waals surface area contributed by atoms with Gasteiger partial charge >= 0.3 is 5.97 Å². The molecule has 0 saturated carbocycles. The van der Waals surface area contributed by atoms with Gasteiger partial charge in [-0.05, 0) is 44.6 Å². The molecule has 0 radical (unpaired) electrons. The smallest absolute Gasteiger partial charge is 0.321 e. The lowest BCUT2D eigenvalue weighted by atomic mass is 10.0. The van der Waals surface area contributed by atoms with Crippen LogP contribution >= 0.6 is 11.6 Å². The fourth-order valence-corrected chi connectivity index (χ4v) is 1.77. The minimum atomic E-state index is -0.815. The zero-order valence-electron chi connectivity index (χ0n) is 9.70. The molecule has 0 spiro atoms. The molecule has 0 aliphatic carbocycles. The molecular formula is C12H16ClNO2. The van der Waals surface area contributed by atoms with Crippen LogP contribution in [-0.4, -0.2) is 36.1 Å². The van der Waals surface area contributed by atoms with Crippen molar-refractivity contribution in [1.82, 2.24) is 4.90 Å². The molecule has 1 aromatic carbocycles. The van der Waals surface area contributed by atoms with Gasteiger partial charge in [0.05, 0.1) is 0 Å². The number of carboxylic acids is 1. The maximum absolute atomic E-state index is 11.1. The van der Waals surface area contributed by atoms with E-state index in [4.69, 9.17) is 16.7 Å². The molecule has 4 heteroatoms. The largest absolute Gasteiger partial charge is 0.480 e. The number of benzene rings is 1. The molecule has 3 nitrogen and oxygen atoms in total. The van der Waals surface area contributed by atoms with Crippen LogP contribution in [0.3, 0.4) is 0 Å². The molecule has 0 bridgehead atoms. The molecular weight excluding hydrogens is 226 g/mol. The Morgan fingerprint density at radius 3 is 2.62 bits per heavy atom. The molecule has 0 amide bonds. The van der Waals surface area contributed by atoms with Gasteiger partial charge in [0.15, 0.2) is 0 Å². The Kier molecular flexibility index (Phi) is 4.33. The molecule has 1 aromatic rings. The van der Waals surface area contributed by atoms with Crippen LogP contribution in [0.2, 0.25) is 5.02 Å². The van der Waals surface area contributed by atoms with E-state index < -0.39 is 12.0 Å². The third-order valence-electron chi connectivity index (χ3n) is 2.70. The number of likely N-dealkylation sites (N-methyl/N-ethyl adjacent to an activating group) is 1. The van der Waals surface area contributed by atoms with Crippen LogP contribution in [0.15, 0.2) is 18.2 Å². The van der Waals surface area contributed by atoms with Crippen molar-refractivity contribution in [2.24, 2.45) is 0 Å². The van der Waals surface area contributed by atoms with E-state index in [0.717, 1.165) is 11.1 Å². The molecule has 1 rings (SSSR count). The Bertz CT molecular complexity index is 391. The first-order valence-electron chi connectivity index (χ1n) is 5.06. The summed E-state index contributed by atoms with van der Waals surface area (Å²) < 4.78 is 0. The number of hydrogen-bond donors (Lipinski definition) is 1. The average Bonchev–Trinajstić information content (AvgIpc) is 2.19. The highest BCUT2D eigenvalue weighted by atomic mass is 35.5. The van der Waals surface area contributed by atoms with Crippen LogP contribution in [-0.2, 0) is 11.2 Å². The Balaban J connectivity index is 2.94. The van der Waals surface area contributed by atoms with E-state index in [1.807, 2.05) is 25.1 Å². The summed E-state index contributed by atoms with van der Waals surface area (Å²) in [5.74, 6) is -0.815. The number of hydrogen-bond acceptors (Lipinski definition) is 2. The lowest BCUT2D eigenvalue weighted by Gasteiger charge is -2.21. The van der Waals surface area contributed by atoms with Crippen molar-refractivity contribution < 1.29 is 9.90 Å². The van der Waals surface area contributed by atoms with Gasteiger partial charge in [0.25, 0.3) is 0 Å². The number of nitrogens with zero attached hydrogens (tertiary/aromatic N) is 1. The first-order chi connectivity index (χ1) is 7.43. The monoisotopic (exact) mass is 241 g/mol. The summed E-state index contributed by atoms with van der Waals surface area (Å²) in [5.41, 5.74) is 1.94. The molecule has 0 heterocycles. The highest BCUT2D eigenvalue weighted by molar-refractivity contribution is 6.31. The van der Waals surface area contributed by atoms with Crippen molar-refractivity contribution in [3.8, 4) is 0 Å². The third-order valence-corrected chi connectivity index (χ3v) is 3.11. The maximum Gasteiger partial charge on any atom is 0.321 e. The summed E-state index contributed by atoms with van der Waals surface area (Å²) in [6.45, 7) is 1.91. The predicted octanol–water partition coefficient (Wildman–Crippen LogP) is 2.21. The summed E-state index contributed by atoms with van der Waals surface area (Å²) >= 11 is 6.00. The van der Waals surface area contributed by atoms with E-state index in [2.05, 4.69) is 0 Å². The average molecular weight is 242 g/mol. The molecule has 0 saturated heterocycles. The Morgan fingerprint density at radius 1 is 1.50 bits per heavy atom. The van der Waals surface area contributed by atoms with Crippen LogP contribution in [0.1, 0.15) is 11.1 Å². The first-order valence-corrected chi connectivity index (χ1v) is 5.44. The molecule has 0 aliphatic heterocycles. The van der Waals surface area contributed by atoms with Crippen molar-refractivity contribution >= 4 is 17.6 Å². The molecule has 88 valence electrons. The third kappa shape index (κ3) is 2.97. The number of aliphatic carboxylic acids is 1. The first kappa shape index (κ1) is 13.0. The Hall–Kier alpha value is -1.06. The second-order valence-corrected chi connectivity index (χ2v) is 4.45. The van der Waals surface area contributed by atoms with Crippen molar-refractivity contribution in [1.29, 1.82) is 0 Å². The number of carbonyl (C=O) groups is 1. The standard InChI is InChI=1S/C12H16ClNO2/c1-8-9(5-4-6-10(8)13)7-11(12(15)16)14(2)3/h4-6,11H,7H2,1-3H3,(H,15,16). The van der Waals surface area contributed by atoms with Crippen molar-refractivity contribution in [3.05, 3.63) is 34.3 Å². The van der Waals surface area contributed by atoms with Crippen LogP contribution < -0.4 is 0 Å². The lowest BCUT2D eigenvalue weighted by molar-refractivity contribution is -0.142. The van der Waals surface area contributed by atoms with E-state index in [1.54, 1.807) is 19.0 Å². The topological polar surface area (TPSA) is 40.5 Å². The minimum Gasteiger partial charge on any atom is -0.480 e. The summed E-state index contributed by atoms with van der Waals surface area (Å²) in [6.07, 6.45) is 0.467. The lowest BCUT2D eigenvalue weighted by Crippen LogP contribution is -2.37. The molecule has 1 N–H and O–H groups in total. The molecule has 16 heavy (non-hydrogen) atoms. The normalized spacial score (nSPS) is 12.8. The summed E-state index contributed by atoms with van der Waals surface area (Å²) in [5, 5.41) is 9.77. The van der Waals surface area contributed by atoms with Gasteiger partial charge in [0.2, 0.25) is 0 Å². The number of halogens is 1. The van der Waals surface area contributed by atoms with E-state index in [0.29, 0.717) is 11.4 Å². The van der Waals surface area contributed by atoms with Gasteiger partial charge < -0.3 is 5.11 Å². The fourth-order valence-electron chi connectivity index (χ4n) is 1.57. The Labute approximate surface area is 101 Å². The van der Waals surface area contributed by atoms with Crippen molar-refractivity contribution in [3.63, 3.8) is 0 Å². The zero-order valence-corrected chi connectivity index (χ0v) is 10.5. The van der Waals surface area contributed by atoms with E-state index >= 15 is 0 Å². The number of rotatable bonds is 4. The molecule has 1 atom stereocenters. The summed E-state index contributed by atoms with van der Waals surface area (Å²) in [7, 11) is 3.53. The van der Waals surface area contributed by atoms with E-state index in [-0.39, 0.29) is 0 Å². The number of carboxylic acid groups (broad SMARTS) is 1. The van der Waals surface area contributed by atoms with Gasteiger partial charge in [0, 0.05) is 5.02 Å². The van der Waals surface area contributed by atoms with Gasteiger partial charge in [-0.3, -0.25) is 9.69 Å². The van der Waals surface area contributed by atoms with E-state index in [9.17, 15) is 4.79 Å². The van der Waals surface area contributed by atoms with Gasteiger partial charge in [-0.15, -0.1) is 0 Å². The van der Waals surface area contributed by atoms with Gasteiger partial charge in [0.1, 0.15) is 6.04 Å². The van der Waals surface area contributed by atoms with Crippen LogP contribution in [0.25, 0.3) is 0 Å².